The van der Waals surface area contributed by atoms with E-state index >= 15 is 0 Å². The highest BCUT2D eigenvalue weighted by molar-refractivity contribution is 7.89. The molecule has 1 atom stereocenters. The van der Waals surface area contributed by atoms with Crippen LogP contribution in [0.3, 0.4) is 0 Å². The van der Waals surface area contributed by atoms with Crippen LogP contribution in [0.5, 0.6) is 11.5 Å². The Morgan fingerprint density at radius 3 is 2.81 bits per heavy atom. The number of benzene rings is 1. The Morgan fingerprint density at radius 1 is 1.38 bits per heavy atom. The van der Waals surface area contributed by atoms with Crippen molar-refractivity contribution in [3.63, 3.8) is 0 Å². The predicted octanol–water partition coefficient (Wildman–Crippen LogP) is 1.26. The average Bonchev–Trinajstić information content (AvgIpc) is 2.84. The van der Waals surface area contributed by atoms with Gasteiger partial charge in [0, 0.05) is 12.5 Å². The Kier molecular flexibility index (Phi) is 4.69. The summed E-state index contributed by atoms with van der Waals surface area (Å²) in [5, 5.41) is 8.52. The van der Waals surface area contributed by atoms with E-state index < -0.39 is 22.0 Å². The van der Waals surface area contributed by atoms with Gasteiger partial charge in [-0.3, -0.25) is 4.79 Å². The molecule has 116 valence electrons. The number of sulfonamides is 1. The highest BCUT2D eigenvalue weighted by Gasteiger charge is 2.19. The number of ether oxygens (including phenoxy) is 2. The zero-order chi connectivity index (χ0) is 15.5. The third-order valence-electron chi connectivity index (χ3n) is 3.06. The molecule has 7 nitrogen and oxygen atoms in total. The first-order chi connectivity index (χ1) is 9.87. The van der Waals surface area contributed by atoms with Gasteiger partial charge in [0.25, 0.3) is 0 Å². The van der Waals surface area contributed by atoms with E-state index in [1.807, 2.05) is 0 Å². The van der Waals surface area contributed by atoms with Crippen LogP contribution in [-0.2, 0) is 14.8 Å². The van der Waals surface area contributed by atoms with Crippen LogP contribution in [0, 0.1) is 0 Å². The lowest BCUT2D eigenvalue weighted by Crippen LogP contribution is -2.29. The van der Waals surface area contributed by atoms with Gasteiger partial charge in [0.2, 0.25) is 16.8 Å². The summed E-state index contributed by atoms with van der Waals surface area (Å²) in [6, 6.07) is 4.78. The molecule has 8 heteroatoms. The molecular weight excluding hydrogens is 298 g/mol. The number of hydrogen-bond acceptors (Lipinski definition) is 5. The van der Waals surface area contributed by atoms with Gasteiger partial charge in [-0.05, 0) is 31.0 Å². The van der Waals surface area contributed by atoms with Crippen LogP contribution >= 0.6 is 0 Å². The monoisotopic (exact) mass is 315 g/mol. The molecule has 0 spiro atoms. The van der Waals surface area contributed by atoms with Gasteiger partial charge in [-0.25, -0.2) is 13.1 Å². The number of aliphatic carboxylic acids is 1. The molecule has 0 fully saturated rings. The fourth-order valence-electron chi connectivity index (χ4n) is 1.99. The van der Waals surface area contributed by atoms with Crippen molar-refractivity contribution < 1.29 is 27.8 Å². The molecule has 0 amide bonds. The summed E-state index contributed by atoms with van der Waals surface area (Å²) >= 11 is 0. The number of nitrogens with one attached hydrogen (secondary N) is 1. The number of carboxylic acid groups (broad SMARTS) is 1. The SMILES string of the molecule is CC(NS(=O)(=O)CCCC(=O)O)c1ccc2c(c1)OCO2. The first kappa shape index (κ1) is 15.6. The molecule has 1 unspecified atom stereocenters. The molecule has 2 N–H and O–H groups in total. The van der Waals surface area contributed by atoms with Gasteiger partial charge in [0.05, 0.1) is 5.75 Å². The van der Waals surface area contributed by atoms with E-state index in [1.54, 1.807) is 25.1 Å². The average molecular weight is 315 g/mol. The molecule has 0 aliphatic carbocycles. The quantitative estimate of drug-likeness (QED) is 0.785. The van der Waals surface area contributed by atoms with Crippen molar-refractivity contribution in [2.75, 3.05) is 12.5 Å². The van der Waals surface area contributed by atoms with E-state index in [-0.39, 0.29) is 25.4 Å². The highest BCUT2D eigenvalue weighted by Crippen LogP contribution is 2.34. The highest BCUT2D eigenvalue weighted by atomic mass is 32.2. The topological polar surface area (TPSA) is 102 Å². The molecule has 1 aliphatic heterocycles. The van der Waals surface area contributed by atoms with Gasteiger partial charge in [-0.15, -0.1) is 0 Å². The lowest BCUT2D eigenvalue weighted by molar-refractivity contribution is -0.137. The van der Waals surface area contributed by atoms with E-state index in [2.05, 4.69) is 4.72 Å². The van der Waals surface area contributed by atoms with Crippen molar-refractivity contribution >= 4 is 16.0 Å². The maximum absolute atomic E-state index is 11.9. The summed E-state index contributed by atoms with van der Waals surface area (Å²) < 4.78 is 36.7. The lowest BCUT2D eigenvalue weighted by Gasteiger charge is -2.15. The zero-order valence-electron chi connectivity index (χ0n) is 11.5. The molecule has 2 rings (SSSR count). The Labute approximate surface area is 122 Å². The normalized spacial score (nSPS) is 14.9. The van der Waals surface area contributed by atoms with Crippen LogP contribution in [0.1, 0.15) is 31.4 Å². The number of rotatable bonds is 7. The predicted molar refractivity (Wildman–Crippen MR) is 74.8 cm³/mol. The molecule has 0 saturated heterocycles. The molecule has 1 aliphatic rings. The summed E-state index contributed by atoms with van der Waals surface area (Å²) in [6.07, 6.45) is -0.0855. The molecule has 0 saturated carbocycles. The maximum Gasteiger partial charge on any atom is 0.303 e. The van der Waals surface area contributed by atoms with E-state index in [9.17, 15) is 13.2 Å². The van der Waals surface area contributed by atoms with E-state index in [4.69, 9.17) is 14.6 Å². The summed E-state index contributed by atoms with van der Waals surface area (Å²) in [5.74, 6) is 0.00230. The van der Waals surface area contributed by atoms with Crippen molar-refractivity contribution in [1.82, 2.24) is 4.72 Å². The molecular formula is C13H17NO6S. The van der Waals surface area contributed by atoms with Crippen LogP contribution in [-0.4, -0.2) is 32.0 Å². The summed E-state index contributed by atoms with van der Waals surface area (Å²) in [4.78, 5) is 10.4. The molecule has 1 aromatic carbocycles. The molecule has 1 aromatic rings. The van der Waals surface area contributed by atoms with Crippen LogP contribution in [0.2, 0.25) is 0 Å². The van der Waals surface area contributed by atoms with Crippen LogP contribution in [0.4, 0.5) is 0 Å². The second-order valence-corrected chi connectivity index (χ2v) is 6.64. The molecule has 0 aromatic heterocycles. The minimum atomic E-state index is -3.52. The van der Waals surface area contributed by atoms with Gasteiger partial charge in [0.15, 0.2) is 11.5 Å². The van der Waals surface area contributed by atoms with E-state index in [0.29, 0.717) is 11.5 Å². The maximum atomic E-state index is 11.9. The van der Waals surface area contributed by atoms with Gasteiger partial charge < -0.3 is 14.6 Å². The van der Waals surface area contributed by atoms with Crippen molar-refractivity contribution in [3.8, 4) is 11.5 Å². The lowest BCUT2D eigenvalue weighted by atomic mass is 10.1. The van der Waals surface area contributed by atoms with Crippen molar-refractivity contribution in [2.24, 2.45) is 0 Å². The summed E-state index contributed by atoms with van der Waals surface area (Å²) in [5.41, 5.74) is 0.751. The third-order valence-corrected chi connectivity index (χ3v) is 4.60. The number of hydrogen-bond donors (Lipinski definition) is 2. The second kappa shape index (κ2) is 6.31. The van der Waals surface area contributed by atoms with Crippen molar-refractivity contribution in [2.45, 2.75) is 25.8 Å². The van der Waals surface area contributed by atoms with Crippen LogP contribution < -0.4 is 14.2 Å². The molecule has 21 heavy (non-hydrogen) atoms. The van der Waals surface area contributed by atoms with E-state index in [0.717, 1.165) is 5.56 Å². The first-order valence-electron chi connectivity index (χ1n) is 6.49. The fourth-order valence-corrected chi connectivity index (χ4v) is 3.31. The Hall–Kier alpha value is -1.80. The van der Waals surface area contributed by atoms with E-state index in [1.165, 1.54) is 0 Å². The molecule has 0 radical (unpaired) electrons. The van der Waals surface area contributed by atoms with Crippen molar-refractivity contribution in [3.05, 3.63) is 23.8 Å². The summed E-state index contributed by atoms with van der Waals surface area (Å²) in [7, 11) is -3.52. The largest absolute Gasteiger partial charge is 0.481 e. The minimum Gasteiger partial charge on any atom is -0.481 e. The zero-order valence-corrected chi connectivity index (χ0v) is 12.4. The molecule has 1 heterocycles. The second-order valence-electron chi connectivity index (χ2n) is 4.77. The summed E-state index contributed by atoms with van der Waals surface area (Å²) in [6.45, 7) is 1.88. The number of carboxylic acids is 1. The standard InChI is InChI=1S/C13H17NO6S/c1-9(14-21(17,18)6-2-3-13(15)16)10-4-5-11-12(7-10)20-8-19-11/h4-5,7,9,14H,2-3,6,8H2,1H3,(H,15,16). The Morgan fingerprint density at radius 2 is 2.10 bits per heavy atom. The molecule has 0 bridgehead atoms. The van der Waals surface area contributed by atoms with Crippen molar-refractivity contribution in [1.29, 1.82) is 0 Å². The van der Waals surface area contributed by atoms with Gasteiger partial charge in [-0.1, -0.05) is 6.07 Å². The van der Waals surface area contributed by atoms with Gasteiger partial charge in [-0.2, -0.15) is 0 Å². The number of fused-ring (bicyclic) bond motifs is 1. The van der Waals surface area contributed by atoms with Gasteiger partial charge in [0.1, 0.15) is 0 Å². The fraction of sp³-hybridized carbons (Fsp3) is 0.462. The smallest absolute Gasteiger partial charge is 0.303 e. The first-order valence-corrected chi connectivity index (χ1v) is 8.14. The minimum absolute atomic E-state index is 0.0819. The number of carbonyl (C=O) groups is 1. The Balaban J connectivity index is 1.97. The third kappa shape index (κ3) is 4.33. The van der Waals surface area contributed by atoms with Crippen LogP contribution in [0.15, 0.2) is 18.2 Å². The Bertz CT molecular complexity index is 628. The van der Waals surface area contributed by atoms with Gasteiger partial charge >= 0.3 is 5.97 Å². The van der Waals surface area contributed by atoms with Crippen LogP contribution in [0.25, 0.3) is 0 Å².